The minimum Gasteiger partial charge on any atom is -0.396 e. The zero-order valence-corrected chi connectivity index (χ0v) is 5.86. The van der Waals surface area contributed by atoms with Crippen LogP contribution in [0, 0.1) is 5.92 Å². The van der Waals surface area contributed by atoms with Gasteiger partial charge in [0, 0.05) is 18.6 Å². The van der Waals surface area contributed by atoms with Crippen LogP contribution in [-0.2, 0) is 4.74 Å². The SMILES string of the molecule is N[C@H]1C2CCC(O2)[C@H]1CO. The average Bonchev–Trinajstić information content (AvgIpc) is 2.46. The summed E-state index contributed by atoms with van der Waals surface area (Å²) < 4.78 is 5.50. The largest absolute Gasteiger partial charge is 0.396 e. The number of nitrogens with two attached hydrogens (primary N) is 1. The minimum absolute atomic E-state index is 0.0868. The summed E-state index contributed by atoms with van der Waals surface area (Å²) in [5, 5.41) is 8.90. The van der Waals surface area contributed by atoms with Crippen LogP contribution in [0.3, 0.4) is 0 Å². The fourth-order valence-electron chi connectivity index (χ4n) is 2.05. The van der Waals surface area contributed by atoms with Gasteiger partial charge in [-0.2, -0.15) is 0 Å². The molecule has 0 radical (unpaired) electrons. The number of rotatable bonds is 1. The summed E-state index contributed by atoms with van der Waals surface area (Å²) in [6.07, 6.45) is 2.67. The molecule has 0 amide bonds. The molecule has 0 saturated carbocycles. The molecule has 2 saturated heterocycles. The molecule has 2 bridgehead atoms. The summed E-state index contributed by atoms with van der Waals surface area (Å²) in [5.74, 6) is 0.207. The molecule has 2 fully saturated rings. The van der Waals surface area contributed by atoms with Crippen molar-refractivity contribution in [1.82, 2.24) is 0 Å². The summed E-state index contributed by atoms with van der Waals surface area (Å²) in [5.41, 5.74) is 5.79. The van der Waals surface area contributed by atoms with Crippen molar-refractivity contribution < 1.29 is 9.84 Å². The Morgan fingerprint density at radius 2 is 2.10 bits per heavy atom. The molecule has 58 valence electrons. The molecular formula is C7H13NO2. The Kier molecular flexibility index (Phi) is 1.44. The van der Waals surface area contributed by atoms with Gasteiger partial charge in [-0.15, -0.1) is 0 Å². The number of aliphatic hydroxyl groups is 1. The van der Waals surface area contributed by atoms with Crippen LogP contribution < -0.4 is 5.73 Å². The molecule has 2 rings (SSSR count). The second kappa shape index (κ2) is 2.19. The van der Waals surface area contributed by atoms with Crippen LogP contribution in [-0.4, -0.2) is 30.0 Å². The van der Waals surface area contributed by atoms with Gasteiger partial charge in [0.15, 0.2) is 0 Å². The first-order valence-corrected chi connectivity index (χ1v) is 3.85. The Bertz CT molecular complexity index is 138. The smallest absolute Gasteiger partial charge is 0.0735 e. The van der Waals surface area contributed by atoms with Crippen LogP contribution in [0.2, 0.25) is 0 Å². The van der Waals surface area contributed by atoms with Crippen LogP contribution in [0.1, 0.15) is 12.8 Å². The van der Waals surface area contributed by atoms with E-state index in [9.17, 15) is 0 Å². The van der Waals surface area contributed by atoms with E-state index < -0.39 is 0 Å². The maximum atomic E-state index is 8.90. The van der Waals surface area contributed by atoms with E-state index in [0.717, 1.165) is 12.8 Å². The second-order valence-electron chi connectivity index (χ2n) is 3.21. The Balaban J connectivity index is 2.10. The first-order valence-electron chi connectivity index (χ1n) is 3.85. The predicted octanol–water partition coefficient (Wildman–Crippen LogP) is -0.517. The van der Waals surface area contributed by atoms with Gasteiger partial charge in [-0.3, -0.25) is 0 Å². The molecule has 2 unspecified atom stereocenters. The summed E-state index contributed by atoms with van der Waals surface area (Å²) in [6, 6.07) is 0.0868. The molecule has 4 atom stereocenters. The van der Waals surface area contributed by atoms with E-state index >= 15 is 0 Å². The van der Waals surface area contributed by atoms with Gasteiger partial charge in [-0.25, -0.2) is 0 Å². The van der Waals surface area contributed by atoms with Crippen LogP contribution in [0.15, 0.2) is 0 Å². The molecule has 3 heteroatoms. The topological polar surface area (TPSA) is 55.5 Å². The Morgan fingerprint density at radius 1 is 1.40 bits per heavy atom. The van der Waals surface area contributed by atoms with Crippen molar-refractivity contribution in [3.8, 4) is 0 Å². The zero-order valence-electron chi connectivity index (χ0n) is 5.86. The Labute approximate surface area is 60.2 Å². The lowest BCUT2D eigenvalue weighted by Gasteiger charge is -2.21. The molecule has 2 aliphatic heterocycles. The summed E-state index contributed by atoms with van der Waals surface area (Å²) in [7, 11) is 0. The van der Waals surface area contributed by atoms with Gasteiger partial charge in [0.1, 0.15) is 0 Å². The minimum atomic E-state index is 0.0868. The van der Waals surface area contributed by atoms with Crippen molar-refractivity contribution in [3.63, 3.8) is 0 Å². The zero-order chi connectivity index (χ0) is 7.14. The van der Waals surface area contributed by atoms with Crippen molar-refractivity contribution in [1.29, 1.82) is 0 Å². The van der Waals surface area contributed by atoms with E-state index in [2.05, 4.69) is 0 Å². The molecule has 0 aliphatic carbocycles. The van der Waals surface area contributed by atoms with Gasteiger partial charge in [0.2, 0.25) is 0 Å². The highest BCUT2D eigenvalue weighted by molar-refractivity contribution is 4.98. The van der Waals surface area contributed by atoms with Crippen molar-refractivity contribution in [3.05, 3.63) is 0 Å². The first-order chi connectivity index (χ1) is 4.83. The third-order valence-corrected chi connectivity index (χ3v) is 2.70. The molecule has 10 heavy (non-hydrogen) atoms. The fraction of sp³-hybridized carbons (Fsp3) is 1.00. The second-order valence-corrected chi connectivity index (χ2v) is 3.21. The molecule has 2 heterocycles. The van der Waals surface area contributed by atoms with Gasteiger partial charge in [-0.1, -0.05) is 0 Å². The molecule has 0 aromatic carbocycles. The number of hydrogen-bond donors (Lipinski definition) is 2. The molecule has 3 nitrogen and oxygen atoms in total. The number of fused-ring (bicyclic) bond motifs is 2. The Morgan fingerprint density at radius 3 is 2.50 bits per heavy atom. The molecular weight excluding hydrogens is 130 g/mol. The van der Waals surface area contributed by atoms with Crippen LogP contribution >= 0.6 is 0 Å². The Hall–Kier alpha value is -0.120. The van der Waals surface area contributed by atoms with Crippen LogP contribution in [0.4, 0.5) is 0 Å². The standard InChI is InChI=1S/C7H13NO2/c8-7-4(3-9)5-1-2-6(7)10-5/h4-7,9H,1-3,8H2/t4-,5?,6?,7-/m1/s1. The quantitative estimate of drug-likeness (QED) is 0.519. The van der Waals surface area contributed by atoms with E-state index in [4.69, 9.17) is 15.6 Å². The molecule has 0 aromatic heterocycles. The number of aliphatic hydroxyl groups excluding tert-OH is 1. The monoisotopic (exact) mass is 143 g/mol. The van der Waals surface area contributed by atoms with Crippen molar-refractivity contribution >= 4 is 0 Å². The first kappa shape index (κ1) is 6.58. The summed E-state index contributed by atoms with van der Waals surface area (Å²) in [4.78, 5) is 0. The summed E-state index contributed by atoms with van der Waals surface area (Å²) >= 11 is 0. The van der Waals surface area contributed by atoms with Gasteiger partial charge in [-0.05, 0) is 12.8 Å². The lowest BCUT2D eigenvalue weighted by Crippen LogP contribution is -2.41. The van der Waals surface area contributed by atoms with Gasteiger partial charge in [0.05, 0.1) is 12.2 Å². The van der Waals surface area contributed by atoms with Crippen LogP contribution in [0.5, 0.6) is 0 Å². The summed E-state index contributed by atoms with van der Waals surface area (Å²) in [6.45, 7) is 0.183. The highest BCUT2D eigenvalue weighted by atomic mass is 16.5. The molecule has 2 aliphatic rings. The maximum Gasteiger partial charge on any atom is 0.0735 e. The molecule has 3 N–H and O–H groups in total. The van der Waals surface area contributed by atoms with Crippen LogP contribution in [0.25, 0.3) is 0 Å². The maximum absolute atomic E-state index is 8.90. The third kappa shape index (κ3) is 0.713. The molecule has 0 spiro atoms. The van der Waals surface area contributed by atoms with Crippen molar-refractivity contribution in [2.24, 2.45) is 11.7 Å². The van der Waals surface area contributed by atoms with E-state index in [0.29, 0.717) is 0 Å². The van der Waals surface area contributed by atoms with Gasteiger partial charge < -0.3 is 15.6 Å². The lowest BCUT2D eigenvalue weighted by molar-refractivity contribution is 0.0793. The van der Waals surface area contributed by atoms with E-state index in [-0.39, 0.29) is 30.8 Å². The van der Waals surface area contributed by atoms with Gasteiger partial charge in [0.25, 0.3) is 0 Å². The van der Waals surface area contributed by atoms with E-state index in [1.807, 2.05) is 0 Å². The number of hydrogen-bond acceptors (Lipinski definition) is 3. The van der Waals surface area contributed by atoms with Gasteiger partial charge >= 0.3 is 0 Å². The average molecular weight is 143 g/mol. The lowest BCUT2D eigenvalue weighted by atomic mass is 9.86. The highest BCUT2D eigenvalue weighted by Gasteiger charge is 2.46. The fourth-order valence-corrected chi connectivity index (χ4v) is 2.05. The normalized spacial score (nSPS) is 52.2. The van der Waals surface area contributed by atoms with Crippen molar-refractivity contribution in [2.45, 2.75) is 31.1 Å². The van der Waals surface area contributed by atoms with Crippen molar-refractivity contribution in [2.75, 3.05) is 6.61 Å². The predicted molar refractivity (Wildman–Crippen MR) is 36.4 cm³/mol. The van der Waals surface area contributed by atoms with E-state index in [1.54, 1.807) is 0 Å². The number of ether oxygens (including phenoxy) is 1. The third-order valence-electron chi connectivity index (χ3n) is 2.70. The molecule has 0 aromatic rings. The van der Waals surface area contributed by atoms with E-state index in [1.165, 1.54) is 0 Å². The highest BCUT2D eigenvalue weighted by Crippen LogP contribution is 2.37.